The Balaban J connectivity index is 1.83. The Morgan fingerprint density at radius 3 is 2.15 bits per heavy atom. The van der Waals surface area contributed by atoms with Gasteiger partial charge in [0.15, 0.2) is 0 Å². The van der Waals surface area contributed by atoms with Crippen molar-refractivity contribution in [3.05, 3.63) is 35.4 Å². The van der Waals surface area contributed by atoms with Gasteiger partial charge in [0.1, 0.15) is 0 Å². The van der Waals surface area contributed by atoms with Crippen LogP contribution in [0, 0.1) is 5.92 Å². The van der Waals surface area contributed by atoms with Crippen molar-refractivity contribution >= 4 is 0 Å². The molecule has 1 heterocycles. The fraction of sp³-hybridized carbons (Fsp3) is 0.600. The molecule has 1 aliphatic heterocycles. The first kappa shape index (κ1) is 15.3. The molecule has 0 aromatic heterocycles. The third kappa shape index (κ3) is 4.21. The van der Waals surface area contributed by atoms with Crippen molar-refractivity contribution in [2.75, 3.05) is 20.1 Å². The lowest BCUT2D eigenvalue weighted by atomic mass is 9.96. The standard InChI is InChI=1S/C15H21F3N2/c1-19-10-12-2-4-13(5-3-12)11-20-8-6-14(7-9-20)15(16,17)18/h2-5,14,19H,6-11H2,1H3. The van der Waals surface area contributed by atoms with Crippen LogP contribution in [-0.4, -0.2) is 31.2 Å². The van der Waals surface area contributed by atoms with E-state index in [1.807, 2.05) is 7.05 Å². The molecule has 2 nitrogen and oxygen atoms in total. The van der Waals surface area contributed by atoms with Crippen molar-refractivity contribution in [1.29, 1.82) is 0 Å². The minimum absolute atomic E-state index is 0.224. The van der Waals surface area contributed by atoms with E-state index in [2.05, 4.69) is 34.5 Å². The first-order valence-electron chi connectivity index (χ1n) is 7.00. The van der Waals surface area contributed by atoms with Crippen LogP contribution < -0.4 is 5.32 Å². The molecule has 1 fully saturated rings. The Morgan fingerprint density at radius 1 is 1.10 bits per heavy atom. The van der Waals surface area contributed by atoms with E-state index in [0.717, 1.165) is 18.7 Å². The molecule has 0 amide bonds. The van der Waals surface area contributed by atoms with Gasteiger partial charge in [-0.1, -0.05) is 24.3 Å². The molecule has 0 radical (unpaired) electrons. The normalized spacial score (nSPS) is 18.4. The summed E-state index contributed by atoms with van der Waals surface area (Å²) in [5, 5.41) is 3.09. The molecule has 1 aromatic carbocycles. The maximum Gasteiger partial charge on any atom is 0.391 e. The van der Waals surface area contributed by atoms with Gasteiger partial charge in [-0.2, -0.15) is 13.2 Å². The van der Waals surface area contributed by atoms with Gasteiger partial charge in [-0.05, 0) is 44.1 Å². The molecule has 1 N–H and O–H groups in total. The lowest BCUT2D eigenvalue weighted by Crippen LogP contribution is -2.38. The molecule has 1 aliphatic rings. The number of benzene rings is 1. The highest BCUT2D eigenvalue weighted by Gasteiger charge is 2.40. The van der Waals surface area contributed by atoms with Gasteiger partial charge in [0.25, 0.3) is 0 Å². The molecule has 112 valence electrons. The van der Waals surface area contributed by atoms with E-state index in [1.54, 1.807) is 0 Å². The molecule has 20 heavy (non-hydrogen) atoms. The molecule has 0 atom stereocenters. The molecule has 1 aromatic rings. The Hall–Kier alpha value is -1.07. The lowest BCUT2D eigenvalue weighted by Gasteiger charge is -2.32. The largest absolute Gasteiger partial charge is 0.391 e. The van der Waals surface area contributed by atoms with Gasteiger partial charge >= 0.3 is 6.18 Å². The number of nitrogens with zero attached hydrogens (tertiary/aromatic N) is 1. The van der Waals surface area contributed by atoms with Gasteiger partial charge in [-0.25, -0.2) is 0 Å². The molecular weight excluding hydrogens is 265 g/mol. The smallest absolute Gasteiger partial charge is 0.316 e. The number of halogens is 3. The highest BCUT2D eigenvalue weighted by molar-refractivity contribution is 5.22. The zero-order chi connectivity index (χ0) is 14.6. The summed E-state index contributed by atoms with van der Waals surface area (Å²) < 4.78 is 37.8. The van der Waals surface area contributed by atoms with Crippen LogP contribution in [-0.2, 0) is 13.1 Å². The Kier molecular flexibility index (Phi) is 5.05. The Morgan fingerprint density at radius 2 is 1.65 bits per heavy atom. The third-order valence-electron chi connectivity index (χ3n) is 3.86. The minimum atomic E-state index is -4.03. The van der Waals surface area contributed by atoms with Crippen molar-refractivity contribution in [2.45, 2.75) is 32.1 Å². The summed E-state index contributed by atoms with van der Waals surface area (Å²) in [6, 6.07) is 8.24. The number of rotatable bonds is 4. The highest BCUT2D eigenvalue weighted by atomic mass is 19.4. The van der Waals surface area contributed by atoms with Crippen molar-refractivity contribution < 1.29 is 13.2 Å². The first-order valence-corrected chi connectivity index (χ1v) is 7.00. The number of hydrogen-bond acceptors (Lipinski definition) is 2. The number of nitrogens with one attached hydrogen (secondary N) is 1. The molecule has 0 unspecified atom stereocenters. The van der Waals surface area contributed by atoms with Gasteiger partial charge in [0.2, 0.25) is 0 Å². The molecule has 1 saturated heterocycles. The van der Waals surface area contributed by atoms with Crippen LogP contribution in [0.3, 0.4) is 0 Å². The van der Waals surface area contributed by atoms with Crippen molar-refractivity contribution in [3.8, 4) is 0 Å². The van der Waals surface area contributed by atoms with E-state index in [1.165, 1.54) is 5.56 Å². The SMILES string of the molecule is CNCc1ccc(CN2CCC(C(F)(F)F)CC2)cc1. The second kappa shape index (κ2) is 6.59. The number of piperidine rings is 1. The zero-order valence-electron chi connectivity index (χ0n) is 11.7. The van der Waals surface area contributed by atoms with Crippen LogP contribution in [0.1, 0.15) is 24.0 Å². The number of alkyl halides is 3. The van der Waals surface area contributed by atoms with E-state index >= 15 is 0 Å². The highest BCUT2D eigenvalue weighted by Crippen LogP contribution is 2.34. The van der Waals surface area contributed by atoms with Gasteiger partial charge in [0, 0.05) is 13.1 Å². The van der Waals surface area contributed by atoms with Gasteiger partial charge in [-0.3, -0.25) is 4.90 Å². The summed E-state index contributed by atoms with van der Waals surface area (Å²) in [4.78, 5) is 2.11. The number of hydrogen-bond donors (Lipinski definition) is 1. The van der Waals surface area contributed by atoms with E-state index in [9.17, 15) is 13.2 Å². The topological polar surface area (TPSA) is 15.3 Å². The summed E-state index contributed by atoms with van der Waals surface area (Å²) >= 11 is 0. The van der Waals surface area contributed by atoms with Crippen LogP contribution in [0.15, 0.2) is 24.3 Å². The molecular formula is C15H21F3N2. The van der Waals surface area contributed by atoms with E-state index in [-0.39, 0.29) is 12.8 Å². The molecule has 5 heteroatoms. The molecule has 0 saturated carbocycles. The van der Waals surface area contributed by atoms with Crippen LogP contribution in [0.25, 0.3) is 0 Å². The lowest BCUT2D eigenvalue weighted by molar-refractivity contribution is -0.185. The summed E-state index contributed by atoms with van der Waals surface area (Å²) in [5.41, 5.74) is 2.38. The fourth-order valence-corrected chi connectivity index (χ4v) is 2.64. The maximum absolute atomic E-state index is 12.6. The van der Waals surface area contributed by atoms with Gasteiger partial charge in [0.05, 0.1) is 5.92 Å². The van der Waals surface area contributed by atoms with E-state index in [4.69, 9.17) is 0 Å². The predicted molar refractivity (Wildman–Crippen MR) is 73.3 cm³/mol. The molecule has 2 rings (SSSR count). The maximum atomic E-state index is 12.6. The van der Waals surface area contributed by atoms with Gasteiger partial charge in [-0.15, -0.1) is 0 Å². The summed E-state index contributed by atoms with van der Waals surface area (Å²) in [7, 11) is 1.90. The monoisotopic (exact) mass is 286 g/mol. The number of likely N-dealkylation sites (tertiary alicyclic amines) is 1. The second-order valence-corrected chi connectivity index (χ2v) is 5.44. The van der Waals surface area contributed by atoms with Gasteiger partial charge < -0.3 is 5.32 Å². The van der Waals surface area contributed by atoms with Crippen molar-refractivity contribution in [2.24, 2.45) is 5.92 Å². The van der Waals surface area contributed by atoms with E-state index < -0.39 is 12.1 Å². The quantitative estimate of drug-likeness (QED) is 0.914. The minimum Gasteiger partial charge on any atom is -0.316 e. The zero-order valence-corrected chi connectivity index (χ0v) is 11.7. The Bertz CT molecular complexity index is 406. The predicted octanol–water partition coefficient (Wildman–Crippen LogP) is 3.18. The average Bonchev–Trinajstić information content (AvgIpc) is 2.41. The van der Waals surface area contributed by atoms with Crippen LogP contribution in [0.5, 0.6) is 0 Å². The molecule has 0 aliphatic carbocycles. The van der Waals surface area contributed by atoms with Crippen molar-refractivity contribution in [1.82, 2.24) is 10.2 Å². The third-order valence-corrected chi connectivity index (χ3v) is 3.86. The summed E-state index contributed by atoms with van der Waals surface area (Å²) in [6.07, 6.45) is -3.58. The molecule has 0 spiro atoms. The van der Waals surface area contributed by atoms with Crippen LogP contribution in [0.2, 0.25) is 0 Å². The summed E-state index contributed by atoms with van der Waals surface area (Å²) in [6.45, 7) is 2.63. The Labute approximate surface area is 118 Å². The molecule has 0 bridgehead atoms. The fourth-order valence-electron chi connectivity index (χ4n) is 2.64. The van der Waals surface area contributed by atoms with Crippen molar-refractivity contribution in [3.63, 3.8) is 0 Å². The average molecular weight is 286 g/mol. The second-order valence-electron chi connectivity index (χ2n) is 5.44. The first-order chi connectivity index (χ1) is 9.49. The summed E-state index contributed by atoms with van der Waals surface area (Å²) in [5.74, 6) is -1.11. The van der Waals surface area contributed by atoms with Crippen LogP contribution >= 0.6 is 0 Å². The van der Waals surface area contributed by atoms with Crippen LogP contribution in [0.4, 0.5) is 13.2 Å². The van der Waals surface area contributed by atoms with E-state index in [0.29, 0.717) is 13.1 Å².